The lowest BCUT2D eigenvalue weighted by atomic mass is 9.98. The lowest BCUT2D eigenvalue weighted by Gasteiger charge is -2.27. The largest absolute Gasteiger partial charge is 0.387 e. The normalized spacial score (nSPS) is 24.7. The first-order valence-corrected chi connectivity index (χ1v) is 7.79. The fourth-order valence-corrected chi connectivity index (χ4v) is 4.48. The molecule has 0 aliphatic carbocycles. The summed E-state index contributed by atoms with van der Waals surface area (Å²) in [4.78, 5) is 0. The summed E-state index contributed by atoms with van der Waals surface area (Å²) >= 11 is 0. The predicted molar refractivity (Wildman–Crippen MR) is 67.5 cm³/mol. The number of sulfone groups is 1. The first kappa shape index (κ1) is 13.5. The van der Waals surface area contributed by atoms with Gasteiger partial charge in [0.05, 0.1) is 17.1 Å². The molecule has 1 fully saturated rings. The number of halogens is 1. The Bertz CT molecular complexity index is 539. The van der Waals surface area contributed by atoms with Crippen molar-refractivity contribution in [2.45, 2.75) is 37.5 Å². The van der Waals surface area contributed by atoms with Crippen LogP contribution in [-0.2, 0) is 9.84 Å². The second kappa shape index (κ2) is 4.97. The number of aryl methyl sites for hydroxylation is 1. The molecule has 5 heteroatoms. The third-order valence-corrected chi connectivity index (χ3v) is 5.81. The standard InChI is InChI=1S/C13H17FO3S/c1-9-8-10(14)5-6-11(9)13(15)12-4-2-3-7-18(12,16)17/h5-6,8,12-13,15H,2-4,7H2,1H3. The number of aliphatic hydroxyl groups excluding tert-OH is 1. The maximum Gasteiger partial charge on any atom is 0.156 e. The third-order valence-electron chi connectivity index (χ3n) is 3.53. The summed E-state index contributed by atoms with van der Waals surface area (Å²) in [5.74, 6) is -0.246. The second-order valence-electron chi connectivity index (χ2n) is 4.85. The highest BCUT2D eigenvalue weighted by molar-refractivity contribution is 7.92. The van der Waals surface area contributed by atoms with Crippen LogP contribution in [0.4, 0.5) is 4.39 Å². The Labute approximate surface area is 107 Å². The van der Waals surface area contributed by atoms with E-state index < -0.39 is 21.2 Å². The van der Waals surface area contributed by atoms with Crippen LogP contribution in [0, 0.1) is 12.7 Å². The van der Waals surface area contributed by atoms with Gasteiger partial charge in [0, 0.05) is 0 Å². The predicted octanol–water partition coefficient (Wildman–Crippen LogP) is 2.13. The Kier molecular flexibility index (Phi) is 3.73. The molecule has 1 aliphatic heterocycles. The first-order valence-electron chi connectivity index (χ1n) is 6.07. The van der Waals surface area contributed by atoms with Crippen LogP contribution in [-0.4, -0.2) is 24.5 Å². The summed E-state index contributed by atoms with van der Waals surface area (Å²) in [5, 5.41) is 9.50. The van der Waals surface area contributed by atoms with Crippen molar-refractivity contribution in [3.63, 3.8) is 0 Å². The summed E-state index contributed by atoms with van der Waals surface area (Å²) in [7, 11) is -3.24. The Hall–Kier alpha value is -0.940. The van der Waals surface area contributed by atoms with Crippen molar-refractivity contribution in [1.29, 1.82) is 0 Å². The van der Waals surface area contributed by atoms with Gasteiger partial charge in [-0.3, -0.25) is 0 Å². The molecule has 0 aromatic heterocycles. The van der Waals surface area contributed by atoms with Gasteiger partial charge in [-0.2, -0.15) is 0 Å². The van der Waals surface area contributed by atoms with Gasteiger partial charge in [-0.25, -0.2) is 12.8 Å². The van der Waals surface area contributed by atoms with Crippen LogP contribution in [0.1, 0.15) is 36.5 Å². The maximum atomic E-state index is 13.0. The van der Waals surface area contributed by atoms with E-state index in [-0.39, 0.29) is 11.6 Å². The van der Waals surface area contributed by atoms with E-state index in [1.54, 1.807) is 6.92 Å². The van der Waals surface area contributed by atoms with Gasteiger partial charge in [0.2, 0.25) is 0 Å². The minimum atomic E-state index is -3.24. The van der Waals surface area contributed by atoms with Crippen LogP contribution in [0.3, 0.4) is 0 Å². The van der Waals surface area contributed by atoms with Crippen molar-refractivity contribution in [2.75, 3.05) is 5.75 Å². The van der Waals surface area contributed by atoms with E-state index in [0.717, 1.165) is 6.42 Å². The van der Waals surface area contributed by atoms with E-state index in [9.17, 15) is 17.9 Å². The Balaban J connectivity index is 2.33. The summed E-state index contributed by atoms with van der Waals surface area (Å²) < 4.78 is 36.9. The average Bonchev–Trinajstić information content (AvgIpc) is 2.27. The van der Waals surface area contributed by atoms with Crippen molar-refractivity contribution in [3.05, 3.63) is 35.1 Å². The number of hydrogen-bond donors (Lipinski definition) is 1. The summed E-state index contributed by atoms with van der Waals surface area (Å²) in [6.07, 6.45) is 0.881. The van der Waals surface area contributed by atoms with Crippen molar-refractivity contribution in [3.8, 4) is 0 Å². The van der Waals surface area contributed by atoms with Crippen LogP contribution >= 0.6 is 0 Å². The zero-order valence-electron chi connectivity index (χ0n) is 10.3. The highest BCUT2D eigenvalue weighted by Crippen LogP contribution is 2.32. The van der Waals surface area contributed by atoms with Gasteiger partial charge in [0.1, 0.15) is 5.82 Å². The molecule has 1 heterocycles. The summed E-state index contributed by atoms with van der Waals surface area (Å²) in [6, 6.07) is 4.04. The maximum absolute atomic E-state index is 13.0. The minimum Gasteiger partial charge on any atom is -0.387 e. The molecule has 1 aliphatic rings. The zero-order valence-corrected chi connectivity index (χ0v) is 11.1. The molecule has 1 saturated heterocycles. The van der Waals surface area contributed by atoms with E-state index in [4.69, 9.17) is 0 Å². The van der Waals surface area contributed by atoms with E-state index in [2.05, 4.69) is 0 Å². The smallest absolute Gasteiger partial charge is 0.156 e. The van der Waals surface area contributed by atoms with Crippen LogP contribution in [0.25, 0.3) is 0 Å². The van der Waals surface area contributed by atoms with Crippen LogP contribution < -0.4 is 0 Å². The molecule has 0 bridgehead atoms. The molecule has 1 aromatic rings. The minimum absolute atomic E-state index is 0.134. The average molecular weight is 272 g/mol. The first-order chi connectivity index (χ1) is 8.42. The Morgan fingerprint density at radius 2 is 2.11 bits per heavy atom. The number of benzene rings is 1. The van der Waals surface area contributed by atoms with E-state index in [0.29, 0.717) is 24.0 Å². The molecule has 2 rings (SSSR count). The van der Waals surface area contributed by atoms with Crippen molar-refractivity contribution < 1.29 is 17.9 Å². The molecule has 3 nitrogen and oxygen atoms in total. The lowest BCUT2D eigenvalue weighted by molar-refractivity contribution is 0.163. The van der Waals surface area contributed by atoms with Gasteiger partial charge in [0.15, 0.2) is 9.84 Å². The Morgan fingerprint density at radius 3 is 2.72 bits per heavy atom. The highest BCUT2D eigenvalue weighted by Gasteiger charge is 2.35. The highest BCUT2D eigenvalue weighted by atomic mass is 32.2. The zero-order chi connectivity index (χ0) is 13.3. The molecule has 0 spiro atoms. The fraction of sp³-hybridized carbons (Fsp3) is 0.538. The van der Waals surface area contributed by atoms with Gasteiger partial charge >= 0.3 is 0 Å². The van der Waals surface area contributed by atoms with E-state index in [1.807, 2.05) is 0 Å². The van der Waals surface area contributed by atoms with Crippen molar-refractivity contribution in [2.24, 2.45) is 0 Å². The molecule has 0 amide bonds. The molecule has 0 saturated carbocycles. The molecule has 100 valence electrons. The van der Waals surface area contributed by atoms with Gasteiger partial charge in [0.25, 0.3) is 0 Å². The van der Waals surface area contributed by atoms with Crippen LogP contribution in [0.15, 0.2) is 18.2 Å². The monoisotopic (exact) mass is 272 g/mol. The molecule has 18 heavy (non-hydrogen) atoms. The quantitative estimate of drug-likeness (QED) is 0.897. The van der Waals surface area contributed by atoms with Gasteiger partial charge in [-0.1, -0.05) is 12.5 Å². The van der Waals surface area contributed by atoms with Crippen LogP contribution in [0.5, 0.6) is 0 Å². The number of rotatable bonds is 2. The second-order valence-corrected chi connectivity index (χ2v) is 7.19. The molecule has 1 N–H and O–H groups in total. The fourth-order valence-electron chi connectivity index (χ4n) is 2.51. The molecular weight excluding hydrogens is 255 g/mol. The van der Waals surface area contributed by atoms with Gasteiger partial charge < -0.3 is 5.11 Å². The third kappa shape index (κ3) is 2.57. The topological polar surface area (TPSA) is 54.4 Å². The Morgan fingerprint density at radius 1 is 1.39 bits per heavy atom. The summed E-state index contributed by atoms with van der Waals surface area (Å²) in [5.41, 5.74) is 1.09. The molecule has 1 aromatic carbocycles. The molecule has 0 radical (unpaired) electrons. The molecule has 2 atom stereocenters. The molecular formula is C13H17FO3S. The summed E-state index contributed by atoms with van der Waals surface area (Å²) in [6.45, 7) is 1.68. The van der Waals surface area contributed by atoms with Crippen LogP contribution in [0.2, 0.25) is 0 Å². The van der Waals surface area contributed by atoms with Gasteiger partial charge in [-0.05, 0) is 43.0 Å². The van der Waals surface area contributed by atoms with Crippen molar-refractivity contribution >= 4 is 9.84 Å². The van der Waals surface area contributed by atoms with E-state index in [1.165, 1.54) is 18.2 Å². The molecule has 2 unspecified atom stereocenters. The van der Waals surface area contributed by atoms with E-state index >= 15 is 0 Å². The van der Waals surface area contributed by atoms with Gasteiger partial charge in [-0.15, -0.1) is 0 Å². The number of aliphatic hydroxyl groups is 1. The SMILES string of the molecule is Cc1cc(F)ccc1C(O)C1CCCCS1(=O)=O. The number of hydrogen-bond acceptors (Lipinski definition) is 3. The van der Waals surface area contributed by atoms with Crippen molar-refractivity contribution in [1.82, 2.24) is 0 Å². The lowest BCUT2D eigenvalue weighted by Crippen LogP contribution is -2.34.